The molecular formula is C28H40O6. The van der Waals surface area contributed by atoms with Crippen molar-refractivity contribution in [3.05, 3.63) is 11.6 Å². The minimum Gasteiger partial charge on any atom is -0.457 e. The van der Waals surface area contributed by atoms with Gasteiger partial charge in [0.05, 0.1) is 12.0 Å². The fourth-order valence-corrected chi connectivity index (χ4v) is 8.86. The minimum absolute atomic E-state index is 0.0419. The van der Waals surface area contributed by atoms with Crippen LogP contribution in [-0.2, 0) is 19.1 Å². The summed E-state index contributed by atoms with van der Waals surface area (Å²) in [6.45, 7) is 3.78. The highest BCUT2D eigenvalue weighted by molar-refractivity contribution is 5.92. The van der Waals surface area contributed by atoms with Crippen molar-refractivity contribution < 1.29 is 29.3 Å². The largest absolute Gasteiger partial charge is 0.457 e. The van der Waals surface area contributed by atoms with E-state index in [4.69, 9.17) is 4.74 Å². The van der Waals surface area contributed by atoms with E-state index in [1.807, 2.05) is 13.0 Å². The second-order valence-corrected chi connectivity index (χ2v) is 12.3. The van der Waals surface area contributed by atoms with Gasteiger partial charge in [0.25, 0.3) is 0 Å². The van der Waals surface area contributed by atoms with Gasteiger partial charge < -0.3 is 14.9 Å². The molecule has 0 amide bonds. The van der Waals surface area contributed by atoms with Crippen LogP contribution in [0.5, 0.6) is 0 Å². The van der Waals surface area contributed by atoms with Gasteiger partial charge in [0, 0.05) is 11.8 Å². The Morgan fingerprint density at radius 2 is 1.79 bits per heavy atom. The number of hydrogen-bond acceptors (Lipinski definition) is 6. The van der Waals surface area contributed by atoms with Crippen LogP contribution in [0.25, 0.3) is 0 Å². The zero-order valence-corrected chi connectivity index (χ0v) is 20.7. The van der Waals surface area contributed by atoms with Crippen molar-refractivity contribution >= 4 is 17.5 Å². The van der Waals surface area contributed by atoms with Crippen LogP contribution >= 0.6 is 0 Å². The fraction of sp³-hybridized carbons (Fsp3) is 0.821. The number of rotatable bonds is 4. The van der Waals surface area contributed by atoms with Gasteiger partial charge in [-0.1, -0.05) is 38.7 Å². The van der Waals surface area contributed by atoms with Gasteiger partial charge in [-0.3, -0.25) is 14.4 Å². The van der Waals surface area contributed by atoms with E-state index >= 15 is 0 Å². The van der Waals surface area contributed by atoms with Gasteiger partial charge in [-0.25, -0.2) is 0 Å². The molecule has 0 bridgehead atoms. The first-order chi connectivity index (χ1) is 16.1. The summed E-state index contributed by atoms with van der Waals surface area (Å²) in [4.78, 5) is 37.9. The highest BCUT2D eigenvalue weighted by atomic mass is 16.5. The van der Waals surface area contributed by atoms with E-state index in [0.29, 0.717) is 19.3 Å². The number of esters is 1. The van der Waals surface area contributed by atoms with Gasteiger partial charge in [0.1, 0.15) is 5.60 Å². The quantitative estimate of drug-likeness (QED) is 0.602. The molecule has 0 aromatic rings. The first-order valence-corrected chi connectivity index (χ1v) is 13.4. The van der Waals surface area contributed by atoms with Gasteiger partial charge in [0.15, 0.2) is 12.4 Å². The molecule has 6 heteroatoms. The summed E-state index contributed by atoms with van der Waals surface area (Å²) in [7, 11) is 0. The summed E-state index contributed by atoms with van der Waals surface area (Å²) in [6, 6.07) is 0. The average molecular weight is 473 g/mol. The molecule has 4 saturated carbocycles. The van der Waals surface area contributed by atoms with E-state index in [1.165, 1.54) is 5.57 Å². The van der Waals surface area contributed by atoms with Crippen LogP contribution < -0.4 is 0 Å². The number of ketones is 2. The van der Waals surface area contributed by atoms with Crippen LogP contribution in [0.4, 0.5) is 0 Å². The summed E-state index contributed by atoms with van der Waals surface area (Å²) in [5, 5.41) is 23.2. The van der Waals surface area contributed by atoms with E-state index in [-0.39, 0.29) is 47.4 Å². The van der Waals surface area contributed by atoms with Gasteiger partial charge >= 0.3 is 5.97 Å². The SMILES string of the molecule is C[C@]12CCC(=O)C=C1CC[C@@H]1[C@@H]2[C@@H](O)C[C@@]2(C)[C@H]1CC[C@]2(O)C(=O)COC(=O)C1CCCCC1. The molecule has 0 unspecified atom stereocenters. The summed E-state index contributed by atoms with van der Waals surface area (Å²) < 4.78 is 5.43. The Morgan fingerprint density at radius 3 is 2.53 bits per heavy atom. The number of Topliss-reactive ketones (excluding diaryl/α,β-unsaturated/α-hetero) is 1. The molecule has 0 saturated heterocycles. The summed E-state index contributed by atoms with van der Waals surface area (Å²) >= 11 is 0. The standard InChI is InChI=1S/C28H40O6/c1-26-12-10-19(29)14-18(26)8-9-20-21-11-13-28(33,27(21,2)15-22(30)24(20)26)23(31)16-34-25(32)17-6-4-3-5-7-17/h14,17,20-22,24,30,33H,3-13,15-16H2,1-2H3/t20-,21-,22-,24+,26-,27-,28-/m0/s1. The average Bonchev–Trinajstić information content (AvgIpc) is 3.09. The summed E-state index contributed by atoms with van der Waals surface area (Å²) in [6.07, 6.45) is 10.4. The molecule has 5 aliphatic rings. The zero-order valence-electron chi connectivity index (χ0n) is 20.7. The lowest BCUT2D eigenvalue weighted by Crippen LogP contribution is -2.62. The molecule has 6 nitrogen and oxygen atoms in total. The molecule has 0 spiro atoms. The summed E-state index contributed by atoms with van der Waals surface area (Å²) in [5.41, 5.74) is -1.36. The number of aliphatic hydroxyl groups excluding tert-OH is 1. The highest BCUT2D eigenvalue weighted by Crippen LogP contribution is 2.67. The molecule has 0 aromatic heterocycles. The van der Waals surface area contributed by atoms with Gasteiger partial charge in [-0.05, 0) is 80.6 Å². The molecule has 5 rings (SSSR count). The molecule has 0 radical (unpaired) electrons. The number of carbonyl (C=O) groups excluding carboxylic acids is 3. The van der Waals surface area contributed by atoms with Crippen molar-refractivity contribution in [2.24, 2.45) is 34.5 Å². The van der Waals surface area contributed by atoms with E-state index in [0.717, 1.165) is 57.8 Å². The normalized spacial score (nSPS) is 44.5. The van der Waals surface area contributed by atoms with Crippen molar-refractivity contribution in [3.63, 3.8) is 0 Å². The van der Waals surface area contributed by atoms with Crippen LogP contribution in [0.15, 0.2) is 11.6 Å². The third-order valence-corrected chi connectivity index (χ3v) is 10.8. The number of aliphatic hydroxyl groups is 2. The predicted molar refractivity (Wildman–Crippen MR) is 126 cm³/mol. The zero-order chi connectivity index (χ0) is 24.3. The third kappa shape index (κ3) is 3.54. The highest BCUT2D eigenvalue weighted by Gasteiger charge is 2.68. The maximum Gasteiger partial charge on any atom is 0.309 e. The lowest BCUT2D eigenvalue weighted by Gasteiger charge is -2.60. The number of allylic oxidation sites excluding steroid dienone is 1. The molecule has 7 atom stereocenters. The Balaban J connectivity index is 1.34. The molecule has 188 valence electrons. The van der Waals surface area contributed by atoms with Crippen LogP contribution in [0.1, 0.15) is 90.9 Å². The van der Waals surface area contributed by atoms with Crippen LogP contribution in [0.3, 0.4) is 0 Å². The Morgan fingerprint density at radius 1 is 1.06 bits per heavy atom. The van der Waals surface area contributed by atoms with Crippen LogP contribution in [0.2, 0.25) is 0 Å². The van der Waals surface area contributed by atoms with Crippen molar-refractivity contribution in [1.82, 2.24) is 0 Å². The third-order valence-electron chi connectivity index (χ3n) is 10.8. The lowest BCUT2D eigenvalue weighted by atomic mass is 9.45. The second kappa shape index (κ2) is 8.55. The maximum atomic E-state index is 13.4. The summed E-state index contributed by atoms with van der Waals surface area (Å²) in [5.74, 6) is -0.307. The number of fused-ring (bicyclic) bond motifs is 5. The molecule has 0 aromatic carbocycles. The van der Waals surface area contributed by atoms with Crippen molar-refractivity contribution in [1.29, 1.82) is 0 Å². The van der Waals surface area contributed by atoms with E-state index < -0.39 is 22.9 Å². The minimum atomic E-state index is -1.59. The lowest BCUT2D eigenvalue weighted by molar-refractivity contribution is -0.185. The van der Waals surface area contributed by atoms with E-state index in [2.05, 4.69) is 6.92 Å². The first-order valence-electron chi connectivity index (χ1n) is 13.4. The van der Waals surface area contributed by atoms with E-state index in [9.17, 15) is 24.6 Å². The molecule has 0 aliphatic heterocycles. The molecule has 5 aliphatic carbocycles. The molecule has 2 N–H and O–H groups in total. The van der Waals surface area contributed by atoms with Crippen molar-refractivity contribution in [3.8, 4) is 0 Å². The van der Waals surface area contributed by atoms with Crippen LogP contribution in [-0.4, -0.2) is 46.1 Å². The Hall–Kier alpha value is -1.53. The molecule has 0 heterocycles. The smallest absolute Gasteiger partial charge is 0.309 e. The van der Waals surface area contributed by atoms with Gasteiger partial charge in [0.2, 0.25) is 5.78 Å². The monoisotopic (exact) mass is 472 g/mol. The van der Waals surface area contributed by atoms with Crippen molar-refractivity contribution in [2.45, 2.75) is 103 Å². The number of hydrogen-bond donors (Lipinski definition) is 2. The van der Waals surface area contributed by atoms with Gasteiger partial charge in [-0.15, -0.1) is 0 Å². The van der Waals surface area contributed by atoms with Crippen molar-refractivity contribution in [2.75, 3.05) is 6.61 Å². The predicted octanol–water partition coefficient (Wildman–Crippen LogP) is 3.91. The molecule has 4 fully saturated rings. The fourth-order valence-electron chi connectivity index (χ4n) is 8.86. The molecule has 34 heavy (non-hydrogen) atoms. The Kier molecular flexibility index (Phi) is 6.08. The Labute approximate surface area is 202 Å². The maximum absolute atomic E-state index is 13.4. The Bertz CT molecular complexity index is 903. The first kappa shape index (κ1) is 24.2. The van der Waals surface area contributed by atoms with Crippen LogP contribution in [0, 0.1) is 34.5 Å². The van der Waals surface area contributed by atoms with Gasteiger partial charge in [-0.2, -0.15) is 0 Å². The van der Waals surface area contributed by atoms with E-state index in [1.54, 1.807) is 0 Å². The molecular weight excluding hydrogens is 432 g/mol. The number of carbonyl (C=O) groups is 3. The number of ether oxygens (including phenoxy) is 1. The topological polar surface area (TPSA) is 101 Å². The second-order valence-electron chi connectivity index (χ2n) is 12.3.